The molecule has 158 valence electrons. The van der Waals surface area contributed by atoms with Crippen LogP contribution in [0.2, 0.25) is 5.02 Å². The van der Waals surface area contributed by atoms with Crippen molar-refractivity contribution in [3.63, 3.8) is 0 Å². The normalized spacial score (nSPS) is 15.9. The van der Waals surface area contributed by atoms with Crippen LogP contribution < -0.4 is 4.31 Å². The Morgan fingerprint density at radius 2 is 1.61 bits per heavy atom. The number of sulfonamides is 1. The van der Waals surface area contributed by atoms with Crippen molar-refractivity contribution >= 4 is 38.8 Å². The molecule has 4 nitrogen and oxygen atoms in total. The fraction of sp³-hybridized carbons (Fsp3) is 0.160. The van der Waals surface area contributed by atoms with E-state index < -0.39 is 10.0 Å². The van der Waals surface area contributed by atoms with Crippen molar-refractivity contribution in [1.29, 1.82) is 0 Å². The largest absolute Gasteiger partial charge is 0.300 e. The first kappa shape index (κ1) is 21.3. The summed E-state index contributed by atoms with van der Waals surface area (Å²) in [5.74, 6) is -0.176. The van der Waals surface area contributed by atoms with E-state index in [0.717, 1.165) is 11.1 Å². The summed E-state index contributed by atoms with van der Waals surface area (Å²) in [5.41, 5.74) is 3.58. The average molecular weight is 452 g/mol. The summed E-state index contributed by atoms with van der Waals surface area (Å²) < 4.78 is 29.0. The van der Waals surface area contributed by atoms with E-state index in [1.807, 2.05) is 31.2 Å². The monoisotopic (exact) mass is 451 g/mol. The van der Waals surface area contributed by atoms with Gasteiger partial charge >= 0.3 is 0 Å². The second kappa shape index (κ2) is 8.33. The van der Waals surface area contributed by atoms with Crippen LogP contribution >= 0.6 is 11.6 Å². The molecule has 0 N–H and O–H groups in total. The predicted molar refractivity (Wildman–Crippen MR) is 125 cm³/mol. The van der Waals surface area contributed by atoms with Crippen molar-refractivity contribution in [2.45, 2.75) is 31.1 Å². The number of hydrogen-bond donors (Lipinski definition) is 0. The fourth-order valence-electron chi connectivity index (χ4n) is 3.85. The molecule has 0 unspecified atom stereocenters. The minimum absolute atomic E-state index is 0.0429. The topological polar surface area (TPSA) is 54.5 Å². The van der Waals surface area contributed by atoms with Gasteiger partial charge in [0, 0.05) is 17.4 Å². The molecule has 0 saturated carbocycles. The molecule has 0 saturated heterocycles. The number of ketones is 1. The molecule has 0 amide bonds. The zero-order valence-corrected chi connectivity index (χ0v) is 18.8. The molecule has 4 rings (SSSR count). The molecule has 1 aliphatic heterocycles. The van der Waals surface area contributed by atoms with Gasteiger partial charge in [-0.2, -0.15) is 0 Å². The Bertz CT molecular complexity index is 1260. The Morgan fingerprint density at radius 3 is 2.26 bits per heavy atom. The van der Waals surface area contributed by atoms with Crippen LogP contribution in [0, 0.1) is 6.92 Å². The number of fused-ring (bicyclic) bond motifs is 1. The maximum Gasteiger partial charge on any atom is 0.268 e. The third kappa shape index (κ3) is 4.16. The second-order valence-electron chi connectivity index (χ2n) is 7.71. The molecule has 1 heterocycles. The van der Waals surface area contributed by atoms with Crippen LogP contribution in [0.1, 0.15) is 36.0 Å². The van der Waals surface area contributed by atoms with Crippen molar-refractivity contribution in [2.24, 2.45) is 0 Å². The molecule has 0 radical (unpaired) electrons. The quantitative estimate of drug-likeness (QED) is 0.480. The van der Waals surface area contributed by atoms with Crippen LogP contribution in [0.15, 0.2) is 83.8 Å². The van der Waals surface area contributed by atoms with Crippen molar-refractivity contribution in [1.82, 2.24) is 0 Å². The van der Waals surface area contributed by atoms with Crippen LogP contribution in [-0.2, 0) is 14.8 Å². The first-order valence-corrected chi connectivity index (χ1v) is 11.8. The van der Waals surface area contributed by atoms with Gasteiger partial charge < -0.3 is 0 Å². The Hall–Kier alpha value is -2.89. The lowest BCUT2D eigenvalue weighted by molar-refractivity contribution is -0.117. The van der Waals surface area contributed by atoms with Crippen molar-refractivity contribution < 1.29 is 13.2 Å². The highest BCUT2D eigenvalue weighted by atomic mass is 35.5. The number of para-hydroxylation sites is 1. The fourth-order valence-corrected chi connectivity index (χ4v) is 5.52. The first-order valence-electron chi connectivity index (χ1n) is 9.95. The number of allylic oxidation sites excluding steroid dienone is 1. The van der Waals surface area contributed by atoms with Gasteiger partial charge in [0.2, 0.25) is 0 Å². The van der Waals surface area contributed by atoms with E-state index in [-0.39, 0.29) is 16.6 Å². The molecule has 0 spiro atoms. The SMILES string of the molecule is CC(=O)C[C@@H]1C=C(c2ccc(Cl)cc2)N(S(=O)(=O)c2ccc(C)cc2)c2ccccc21. The Balaban J connectivity index is 1.96. The van der Waals surface area contributed by atoms with E-state index >= 15 is 0 Å². The number of carbonyl (C=O) groups is 1. The number of anilines is 1. The highest BCUT2D eigenvalue weighted by Crippen LogP contribution is 2.44. The molecule has 1 atom stereocenters. The number of rotatable bonds is 5. The van der Waals surface area contributed by atoms with Crippen molar-refractivity contribution in [3.8, 4) is 0 Å². The lowest BCUT2D eigenvalue weighted by Crippen LogP contribution is -2.33. The van der Waals surface area contributed by atoms with Gasteiger partial charge in [0.25, 0.3) is 10.0 Å². The Labute approximate surface area is 187 Å². The number of hydrogen-bond acceptors (Lipinski definition) is 3. The second-order valence-corrected chi connectivity index (χ2v) is 9.94. The maximum absolute atomic E-state index is 13.8. The highest BCUT2D eigenvalue weighted by Gasteiger charge is 2.35. The molecular formula is C25H22ClNO3S. The standard InChI is InChI=1S/C25H22ClNO3S/c1-17-7-13-22(14-8-17)31(29,30)27-24-6-4-3-5-23(24)20(15-18(2)28)16-25(27)19-9-11-21(26)12-10-19/h3-14,16,20H,15H2,1-2H3/t20-/m1/s1. The summed E-state index contributed by atoms with van der Waals surface area (Å²) in [5, 5.41) is 0.564. The molecular weight excluding hydrogens is 430 g/mol. The molecule has 3 aromatic rings. The minimum Gasteiger partial charge on any atom is -0.300 e. The van der Waals surface area contributed by atoms with Gasteiger partial charge in [0.05, 0.1) is 16.3 Å². The highest BCUT2D eigenvalue weighted by molar-refractivity contribution is 7.93. The number of benzene rings is 3. The number of Topliss-reactive ketones (excluding diaryl/α,β-unsaturated/α-hetero) is 1. The zero-order chi connectivity index (χ0) is 22.2. The number of aryl methyl sites for hydroxylation is 1. The molecule has 31 heavy (non-hydrogen) atoms. The lowest BCUT2D eigenvalue weighted by Gasteiger charge is -2.35. The lowest BCUT2D eigenvalue weighted by atomic mass is 9.88. The van der Waals surface area contributed by atoms with E-state index in [1.165, 1.54) is 4.31 Å². The van der Waals surface area contributed by atoms with E-state index in [0.29, 0.717) is 28.4 Å². The molecule has 3 aromatic carbocycles. The molecule has 0 fully saturated rings. The van der Waals surface area contributed by atoms with Crippen LogP contribution in [0.5, 0.6) is 0 Å². The van der Waals surface area contributed by atoms with Gasteiger partial charge in [-0.25, -0.2) is 12.7 Å². The van der Waals surface area contributed by atoms with Crippen molar-refractivity contribution in [2.75, 3.05) is 4.31 Å². The summed E-state index contributed by atoms with van der Waals surface area (Å²) in [6, 6.07) is 21.2. The Morgan fingerprint density at radius 1 is 0.968 bits per heavy atom. The minimum atomic E-state index is -3.90. The summed E-state index contributed by atoms with van der Waals surface area (Å²) in [4.78, 5) is 12.2. The summed E-state index contributed by atoms with van der Waals surface area (Å²) in [6.45, 7) is 3.46. The van der Waals surface area contributed by atoms with E-state index in [2.05, 4.69) is 0 Å². The molecule has 0 bridgehead atoms. The summed E-state index contributed by atoms with van der Waals surface area (Å²) >= 11 is 6.07. The van der Waals surface area contributed by atoms with Gasteiger partial charge in [-0.3, -0.25) is 4.79 Å². The van der Waals surface area contributed by atoms with Crippen LogP contribution in [0.3, 0.4) is 0 Å². The molecule has 1 aliphatic rings. The van der Waals surface area contributed by atoms with Crippen LogP contribution in [0.4, 0.5) is 5.69 Å². The number of nitrogens with zero attached hydrogens (tertiary/aromatic N) is 1. The van der Waals surface area contributed by atoms with Gasteiger partial charge in [-0.15, -0.1) is 0 Å². The smallest absolute Gasteiger partial charge is 0.268 e. The predicted octanol–water partition coefficient (Wildman–Crippen LogP) is 5.96. The van der Waals surface area contributed by atoms with Gasteiger partial charge in [0.15, 0.2) is 0 Å². The first-order chi connectivity index (χ1) is 14.8. The van der Waals surface area contributed by atoms with E-state index in [4.69, 9.17) is 11.6 Å². The zero-order valence-electron chi connectivity index (χ0n) is 17.2. The maximum atomic E-state index is 13.8. The third-order valence-electron chi connectivity index (χ3n) is 5.34. The van der Waals surface area contributed by atoms with Crippen LogP contribution in [0.25, 0.3) is 5.70 Å². The molecule has 0 aromatic heterocycles. The van der Waals surface area contributed by atoms with E-state index in [1.54, 1.807) is 61.5 Å². The van der Waals surface area contributed by atoms with E-state index in [9.17, 15) is 13.2 Å². The number of carbonyl (C=O) groups excluding carboxylic acids is 1. The third-order valence-corrected chi connectivity index (χ3v) is 7.33. The molecule has 6 heteroatoms. The number of halogens is 1. The van der Waals surface area contributed by atoms with Gasteiger partial charge in [0.1, 0.15) is 5.78 Å². The summed E-state index contributed by atoms with van der Waals surface area (Å²) in [6.07, 6.45) is 2.17. The van der Waals surface area contributed by atoms with Gasteiger partial charge in [-0.05, 0) is 55.3 Å². The average Bonchev–Trinajstić information content (AvgIpc) is 2.74. The summed E-state index contributed by atoms with van der Waals surface area (Å²) in [7, 11) is -3.90. The van der Waals surface area contributed by atoms with Gasteiger partial charge in [-0.1, -0.05) is 65.7 Å². The van der Waals surface area contributed by atoms with Crippen LogP contribution in [-0.4, -0.2) is 14.2 Å². The Kier molecular flexibility index (Phi) is 5.73. The molecule has 0 aliphatic carbocycles. The van der Waals surface area contributed by atoms with Crippen molar-refractivity contribution in [3.05, 3.63) is 101 Å².